The smallest absolute Gasteiger partial charge is 0.243 e. The Morgan fingerprint density at radius 2 is 1.62 bits per heavy atom. The van der Waals surface area contributed by atoms with Gasteiger partial charge in [-0.2, -0.15) is 4.31 Å². The van der Waals surface area contributed by atoms with Crippen LogP contribution in [0, 0.1) is 11.6 Å². The molecule has 3 aromatic carbocycles. The SMILES string of the molecule is CN(Cc1ccc(F)cc1F)C(=O)CN(C)S(=O)(=O)c1ccc2ccccc2c1. The molecule has 0 saturated carbocycles. The zero-order valence-electron chi connectivity index (χ0n) is 16.0. The number of halogens is 2. The van der Waals surface area contributed by atoms with Crippen LogP contribution in [0.3, 0.4) is 0 Å². The molecule has 0 aromatic heterocycles. The average Bonchev–Trinajstić information content (AvgIpc) is 2.69. The summed E-state index contributed by atoms with van der Waals surface area (Å²) in [7, 11) is -1.14. The predicted octanol–water partition coefficient (Wildman–Crippen LogP) is 3.40. The van der Waals surface area contributed by atoms with Crippen LogP contribution in [0.1, 0.15) is 5.56 Å². The number of carbonyl (C=O) groups excluding carboxylic acids is 1. The summed E-state index contributed by atoms with van der Waals surface area (Å²) in [5.41, 5.74) is 0.141. The van der Waals surface area contributed by atoms with Crippen LogP contribution >= 0.6 is 0 Å². The van der Waals surface area contributed by atoms with Gasteiger partial charge >= 0.3 is 0 Å². The second-order valence-corrected chi connectivity index (χ2v) is 8.80. The van der Waals surface area contributed by atoms with E-state index >= 15 is 0 Å². The van der Waals surface area contributed by atoms with Crippen molar-refractivity contribution in [2.45, 2.75) is 11.4 Å². The molecular weight excluding hydrogens is 398 g/mol. The molecule has 0 aliphatic carbocycles. The van der Waals surface area contributed by atoms with Gasteiger partial charge in [0.25, 0.3) is 0 Å². The van der Waals surface area contributed by atoms with E-state index in [9.17, 15) is 22.0 Å². The molecule has 0 radical (unpaired) electrons. The third kappa shape index (κ3) is 4.60. The van der Waals surface area contributed by atoms with Gasteiger partial charge in [-0.1, -0.05) is 36.4 Å². The number of hydrogen-bond acceptors (Lipinski definition) is 3. The number of nitrogens with zero attached hydrogens (tertiary/aromatic N) is 2. The number of carbonyl (C=O) groups is 1. The third-order valence-electron chi connectivity index (χ3n) is 4.64. The van der Waals surface area contributed by atoms with Crippen molar-refractivity contribution in [2.75, 3.05) is 20.6 Å². The minimum Gasteiger partial charge on any atom is -0.340 e. The van der Waals surface area contributed by atoms with Crippen LogP contribution in [0.15, 0.2) is 65.6 Å². The molecule has 0 saturated heterocycles. The Bertz CT molecular complexity index is 1170. The van der Waals surface area contributed by atoms with Crippen LogP contribution < -0.4 is 0 Å². The number of amides is 1. The van der Waals surface area contributed by atoms with Gasteiger partial charge in [-0.05, 0) is 29.0 Å². The van der Waals surface area contributed by atoms with E-state index in [1.54, 1.807) is 12.1 Å². The number of fused-ring (bicyclic) bond motifs is 1. The van der Waals surface area contributed by atoms with Crippen molar-refractivity contribution < 1.29 is 22.0 Å². The van der Waals surface area contributed by atoms with Crippen LogP contribution in [-0.2, 0) is 21.4 Å². The molecule has 0 atom stereocenters. The first-order chi connectivity index (χ1) is 13.7. The number of likely N-dealkylation sites (N-methyl/N-ethyl adjacent to an activating group) is 2. The first-order valence-corrected chi connectivity index (χ1v) is 10.3. The summed E-state index contributed by atoms with van der Waals surface area (Å²) in [6.07, 6.45) is 0. The lowest BCUT2D eigenvalue weighted by Gasteiger charge is -2.22. The Kier molecular flexibility index (Phi) is 5.95. The molecule has 3 aromatic rings. The van der Waals surface area contributed by atoms with Crippen molar-refractivity contribution >= 4 is 26.7 Å². The van der Waals surface area contributed by atoms with Crippen LogP contribution in [0.4, 0.5) is 8.78 Å². The lowest BCUT2D eigenvalue weighted by Crippen LogP contribution is -2.39. The second kappa shape index (κ2) is 8.26. The zero-order chi connectivity index (χ0) is 21.2. The van der Waals surface area contributed by atoms with Gasteiger partial charge in [0, 0.05) is 32.3 Å². The Labute approximate surface area is 168 Å². The van der Waals surface area contributed by atoms with Gasteiger partial charge < -0.3 is 4.90 Å². The maximum atomic E-state index is 13.8. The van der Waals surface area contributed by atoms with Crippen molar-refractivity contribution in [1.82, 2.24) is 9.21 Å². The second-order valence-electron chi connectivity index (χ2n) is 6.76. The fraction of sp³-hybridized carbons (Fsp3) is 0.190. The molecular formula is C21H20F2N2O3S. The van der Waals surface area contributed by atoms with E-state index in [4.69, 9.17) is 0 Å². The van der Waals surface area contributed by atoms with Gasteiger partial charge in [0.15, 0.2) is 0 Å². The number of benzene rings is 3. The largest absolute Gasteiger partial charge is 0.340 e. The molecule has 5 nitrogen and oxygen atoms in total. The van der Waals surface area contributed by atoms with Gasteiger partial charge in [-0.25, -0.2) is 17.2 Å². The monoisotopic (exact) mass is 418 g/mol. The highest BCUT2D eigenvalue weighted by Crippen LogP contribution is 2.21. The summed E-state index contributed by atoms with van der Waals surface area (Å²) in [4.78, 5) is 13.7. The van der Waals surface area contributed by atoms with Crippen LogP contribution in [-0.4, -0.2) is 44.2 Å². The topological polar surface area (TPSA) is 57.7 Å². The van der Waals surface area contributed by atoms with E-state index in [0.29, 0.717) is 0 Å². The molecule has 0 spiro atoms. The Morgan fingerprint density at radius 1 is 0.931 bits per heavy atom. The molecule has 0 fully saturated rings. The standard InChI is InChI=1S/C21H20F2N2O3S/c1-24(13-17-7-9-18(22)12-20(17)23)21(26)14-25(2)29(27,28)19-10-8-15-5-3-4-6-16(15)11-19/h3-12H,13-14H2,1-2H3. The molecule has 0 N–H and O–H groups in total. The van der Waals surface area contributed by atoms with Crippen molar-refractivity contribution in [2.24, 2.45) is 0 Å². The highest BCUT2D eigenvalue weighted by Gasteiger charge is 2.25. The maximum absolute atomic E-state index is 13.8. The molecule has 152 valence electrons. The summed E-state index contributed by atoms with van der Waals surface area (Å²) in [6.45, 7) is -0.511. The molecule has 29 heavy (non-hydrogen) atoms. The number of sulfonamides is 1. The number of hydrogen-bond donors (Lipinski definition) is 0. The van der Waals surface area contributed by atoms with E-state index < -0.39 is 34.1 Å². The molecule has 0 heterocycles. The van der Waals surface area contributed by atoms with Crippen LogP contribution in [0.2, 0.25) is 0 Å². The summed E-state index contributed by atoms with van der Waals surface area (Å²) >= 11 is 0. The van der Waals surface area contributed by atoms with E-state index in [2.05, 4.69) is 0 Å². The first kappa shape index (κ1) is 20.9. The molecule has 0 aliphatic heterocycles. The minimum atomic E-state index is -3.88. The predicted molar refractivity (Wildman–Crippen MR) is 107 cm³/mol. The summed E-state index contributed by atoms with van der Waals surface area (Å²) in [6, 6.07) is 15.2. The van der Waals surface area contributed by atoms with Crippen molar-refractivity contribution in [3.8, 4) is 0 Å². The summed E-state index contributed by atoms with van der Waals surface area (Å²) < 4.78 is 53.4. The Balaban J connectivity index is 1.73. The van der Waals surface area contributed by atoms with E-state index in [-0.39, 0.29) is 17.0 Å². The van der Waals surface area contributed by atoms with Gasteiger partial charge in [0.1, 0.15) is 11.6 Å². The molecule has 0 bridgehead atoms. The highest BCUT2D eigenvalue weighted by atomic mass is 32.2. The molecule has 1 amide bonds. The van der Waals surface area contributed by atoms with Crippen molar-refractivity contribution in [1.29, 1.82) is 0 Å². The molecule has 0 unspecified atom stereocenters. The summed E-state index contributed by atoms with van der Waals surface area (Å²) in [5.74, 6) is -1.98. The number of rotatable bonds is 6. The van der Waals surface area contributed by atoms with Crippen LogP contribution in [0.25, 0.3) is 10.8 Å². The summed E-state index contributed by atoms with van der Waals surface area (Å²) in [5, 5.41) is 1.68. The first-order valence-electron chi connectivity index (χ1n) is 8.81. The Hall–Kier alpha value is -2.84. The average molecular weight is 418 g/mol. The van der Waals surface area contributed by atoms with Gasteiger partial charge in [0.2, 0.25) is 15.9 Å². The van der Waals surface area contributed by atoms with Gasteiger partial charge in [-0.3, -0.25) is 4.79 Å². The van der Waals surface area contributed by atoms with E-state index in [0.717, 1.165) is 27.2 Å². The fourth-order valence-electron chi connectivity index (χ4n) is 2.90. The van der Waals surface area contributed by atoms with Gasteiger partial charge in [-0.15, -0.1) is 0 Å². The quantitative estimate of drug-likeness (QED) is 0.617. The minimum absolute atomic E-state index is 0.0822. The maximum Gasteiger partial charge on any atom is 0.243 e. The zero-order valence-corrected chi connectivity index (χ0v) is 16.8. The fourth-order valence-corrected chi connectivity index (χ4v) is 4.05. The lowest BCUT2D eigenvalue weighted by molar-refractivity contribution is -0.130. The third-order valence-corrected chi connectivity index (χ3v) is 6.43. The van der Waals surface area contributed by atoms with Crippen molar-refractivity contribution in [3.05, 3.63) is 77.9 Å². The Morgan fingerprint density at radius 3 is 2.31 bits per heavy atom. The normalized spacial score (nSPS) is 11.8. The van der Waals surface area contributed by atoms with E-state index in [1.807, 2.05) is 24.3 Å². The van der Waals surface area contributed by atoms with Crippen molar-refractivity contribution in [3.63, 3.8) is 0 Å². The van der Waals surface area contributed by atoms with Gasteiger partial charge in [0.05, 0.1) is 11.4 Å². The molecule has 3 rings (SSSR count). The highest BCUT2D eigenvalue weighted by molar-refractivity contribution is 7.89. The molecule has 8 heteroatoms. The van der Waals surface area contributed by atoms with Crippen LogP contribution in [0.5, 0.6) is 0 Å². The lowest BCUT2D eigenvalue weighted by atomic mass is 10.1. The molecule has 0 aliphatic rings. The van der Waals surface area contributed by atoms with E-state index in [1.165, 1.54) is 31.1 Å².